The fraction of sp³-hybridized carbons (Fsp3) is 0.238. The molecule has 1 heterocycles. The molecule has 2 aromatic carbocycles. The second-order valence-electron chi connectivity index (χ2n) is 6.72. The number of anilines is 1. The highest BCUT2D eigenvalue weighted by atomic mass is 79.9. The van der Waals surface area contributed by atoms with Crippen LogP contribution in [-0.2, 0) is 27.4 Å². The Morgan fingerprint density at radius 3 is 2.53 bits per heavy atom. The van der Waals surface area contributed by atoms with Crippen molar-refractivity contribution in [1.29, 1.82) is 0 Å². The molecule has 1 aliphatic heterocycles. The number of hydrogen-bond acceptors (Lipinski definition) is 6. The van der Waals surface area contributed by atoms with Gasteiger partial charge in [0.15, 0.2) is 0 Å². The maximum Gasteiger partial charge on any atom is 0.408 e. The molecule has 0 aliphatic carbocycles. The van der Waals surface area contributed by atoms with E-state index in [4.69, 9.17) is 15.3 Å². The number of nitrogen functional groups attached to an aromatic ring is 1. The molecule has 0 saturated carbocycles. The monoisotopic (exact) mass is 474 g/mol. The Kier molecular flexibility index (Phi) is 7.69. The lowest BCUT2D eigenvalue weighted by Gasteiger charge is -2.19. The number of nitrogens with one attached hydrogen (secondary N) is 3. The Morgan fingerprint density at radius 1 is 1.13 bits per heavy atom. The molecule has 1 unspecified atom stereocenters. The number of carbonyl (C=O) groups excluding carboxylic acids is 2. The van der Waals surface area contributed by atoms with Gasteiger partial charge < -0.3 is 21.1 Å². The maximum absolute atomic E-state index is 12.7. The van der Waals surface area contributed by atoms with Crippen LogP contribution in [0.15, 0.2) is 65.3 Å². The SMILES string of the molecule is Nc1ccc(C[C@H](NC(=O)OCc2ccccc2)C(=O)NCC2C=C(Br)NO2)cc1. The van der Waals surface area contributed by atoms with Crippen LogP contribution in [0, 0.1) is 0 Å². The molecule has 0 radical (unpaired) electrons. The fourth-order valence-corrected chi connectivity index (χ4v) is 3.18. The van der Waals surface area contributed by atoms with Gasteiger partial charge in [0.25, 0.3) is 0 Å². The van der Waals surface area contributed by atoms with Crippen LogP contribution in [-0.4, -0.2) is 30.7 Å². The Labute approximate surface area is 182 Å². The molecule has 3 rings (SSSR count). The summed E-state index contributed by atoms with van der Waals surface area (Å²) in [6.45, 7) is 0.364. The van der Waals surface area contributed by atoms with Crippen molar-refractivity contribution in [1.82, 2.24) is 16.1 Å². The first-order chi connectivity index (χ1) is 14.5. The Hall–Kier alpha value is -3.04. The van der Waals surface area contributed by atoms with Crippen LogP contribution in [0.5, 0.6) is 0 Å². The van der Waals surface area contributed by atoms with E-state index >= 15 is 0 Å². The van der Waals surface area contributed by atoms with E-state index in [9.17, 15) is 9.59 Å². The minimum atomic E-state index is -0.821. The molecule has 0 fully saturated rings. The average molecular weight is 475 g/mol. The van der Waals surface area contributed by atoms with Gasteiger partial charge in [-0.2, -0.15) is 0 Å². The van der Waals surface area contributed by atoms with Gasteiger partial charge in [-0.25, -0.2) is 4.79 Å². The molecular weight excluding hydrogens is 452 g/mol. The molecule has 9 heteroatoms. The van der Waals surface area contributed by atoms with Gasteiger partial charge in [-0.15, -0.1) is 0 Å². The molecule has 0 spiro atoms. The number of nitrogens with two attached hydrogens (primary N) is 1. The van der Waals surface area contributed by atoms with Crippen molar-refractivity contribution >= 4 is 33.6 Å². The third-order valence-corrected chi connectivity index (χ3v) is 4.78. The molecule has 0 saturated heterocycles. The predicted octanol–water partition coefficient (Wildman–Crippen LogP) is 2.36. The van der Waals surface area contributed by atoms with Crippen LogP contribution in [0.4, 0.5) is 10.5 Å². The Balaban J connectivity index is 1.59. The first kappa shape index (κ1) is 21.7. The first-order valence-corrected chi connectivity index (χ1v) is 10.2. The van der Waals surface area contributed by atoms with Crippen molar-refractivity contribution in [3.63, 3.8) is 0 Å². The lowest BCUT2D eigenvalue weighted by Crippen LogP contribution is -2.49. The summed E-state index contributed by atoms with van der Waals surface area (Å²) >= 11 is 3.26. The Morgan fingerprint density at radius 2 is 1.87 bits per heavy atom. The molecule has 0 aromatic heterocycles. The highest BCUT2D eigenvalue weighted by Gasteiger charge is 2.24. The topological polar surface area (TPSA) is 115 Å². The number of halogens is 1. The number of benzene rings is 2. The number of hydrogen-bond donors (Lipinski definition) is 4. The molecule has 2 amide bonds. The van der Waals surface area contributed by atoms with Crippen LogP contribution >= 0.6 is 15.9 Å². The van der Waals surface area contributed by atoms with Crippen LogP contribution in [0.2, 0.25) is 0 Å². The van der Waals surface area contributed by atoms with Crippen molar-refractivity contribution in [2.75, 3.05) is 12.3 Å². The van der Waals surface area contributed by atoms with Crippen LogP contribution in [0.3, 0.4) is 0 Å². The number of ether oxygens (including phenoxy) is 1. The van der Waals surface area contributed by atoms with Crippen molar-refractivity contribution in [3.8, 4) is 0 Å². The van der Waals surface area contributed by atoms with Crippen LogP contribution in [0.25, 0.3) is 0 Å². The van der Waals surface area contributed by atoms with E-state index in [0.29, 0.717) is 10.3 Å². The third-order valence-electron chi connectivity index (χ3n) is 4.36. The lowest BCUT2D eigenvalue weighted by molar-refractivity contribution is -0.123. The number of carbonyl (C=O) groups is 2. The molecule has 158 valence electrons. The largest absolute Gasteiger partial charge is 0.445 e. The zero-order valence-electron chi connectivity index (χ0n) is 16.1. The van der Waals surface area contributed by atoms with Gasteiger partial charge in [0.05, 0.1) is 6.54 Å². The van der Waals surface area contributed by atoms with Gasteiger partial charge in [-0.1, -0.05) is 42.5 Å². The minimum absolute atomic E-state index is 0.114. The van der Waals surface area contributed by atoms with Gasteiger partial charge in [0.2, 0.25) is 5.91 Å². The molecule has 2 atom stereocenters. The Bertz CT molecular complexity index is 890. The molecule has 0 bridgehead atoms. The van der Waals surface area contributed by atoms with Crippen molar-refractivity contribution in [3.05, 3.63) is 76.4 Å². The van der Waals surface area contributed by atoms with E-state index < -0.39 is 12.1 Å². The average Bonchev–Trinajstić information content (AvgIpc) is 3.17. The number of rotatable bonds is 8. The molecule has 2 aromatic rings. The van der Waals surface area contributed by atoms with Gasteiger partial charge in [-0.3, -0.25) is 15.1 Å². The molecule has 8 nitrogen and oxygen atoms in total. The highest BCUT2D eigenvalue weighted by Crippen LogP contribution is 2.12. The summed E-state index contributed by atoms with van der Waals surface area (Å²) in [5.41, 5.74) is 10.7. The summed E-state index contributed by atoms with van der Waals surface area (Å²) < 4.78 is 5.95. The van der Waals surface area contributed by atoms with E-state index in [1.807, 2.05) is 42.5 Å². The van der Waals surface area contributed by atoms with Gasteiger partial charge in [0.1, 0.15) is 23.4 Å². The minimum Gasteiger partial charge on any atom is -0.445 e. The highest BCUT2D eigenvalue weighted by molar-refractivity contribution is 9.11. The molecule has 1 aliphatic rings. The summed E-state index contributed by atoms with van der Waals surface area (Å²) in [5, 5.41) is 5.44. The summed E-state index contributed by atoms with van der Waals surface area (Å²) in [5.74, 6) is -0.344. The smallest absolute Gasteiger partial charge is 0.408 e. The normalized spacial score (nSPS) is 16.2. The van der Waals surface area contributed by atoms with Crippen LogP contribution in [0.1, 0.15) is 11.1 Å². The lowest BCUT2D eigenvalue weighted by atomic mass is 10.0. The summed E-state index contributed by atoms with van der Waals surface area (Å²) in [4.78, 5) is 30.3. The number of amides is 2. The number of hydroxylamine groups is 1. The van der Waals surface area contributed by atoms with Gasteiger partial charge in [-0.05, 0) is 45.3 Å². The summed E-state index contributed by atoms with van der Waals surface area (Å²) in [6, 6.07) is 15.6. The predicted molar refractivity (Wildman–Crippen MR) is 116 cm³/mol. The molecular formula is C21H23BrN4O4. The van der Waals surface area contributed by atoms with E-state index in [0.717, 1.165) is 11.1 Å². The van der Waals surface area contributed by atoms with Crippen molar-refractivity contribution in [2.45, 2.75) is 25.2 Å². The summed E-state index contributed by atoms with van der Waals surface area (Å²) in [7, 11) is 0. The van der Waals surface area contributed by atoms with E-state index in [1.54, 1.807) is 18.2 Å². The second-order valence-corrected chi connectivity index (χ2v) is 7.58. The number of alkyl carbamates (subject to hydrolysis) is 1. The van der Waals surface area contributed by atoms with Crippen LogP contribution < -0.4 is 21.8 Å². The van der Waals surface area contributed by atoms with Gasteiger partial charge in [0, 0.05) is 12.1 Å². The van der Waals surface area contributed by atoms with Crippen molar-refractivity contribution < 1.29 is 19.2 Å². The third kappa shape index (κ3) is 6.78. The van der Waals surface area contributed by atoms with E-state index in [1.165, 1.54) is 0 Å². The van der Waals surface area contributed by atoms with E-state index in [-0.39, 0.29) is 31.6 Å². The molecule has 30 heavy (non-hydrogen) atoms. The zero-order chi connectivity index (χ0) is 21.3. The second kappa shape index (κ2) is 10.7. The quantitative estimate of drug-likeness (QED) is 0.344. The van der Waals surface area contributed by atoms with Crippen molar-refractivity contribution in [2.24, 2.45) is 0 Å². The fourth-order valence-electron chi connectivity index (χ4n) is 2.79. The molecule has 5 N–H and O–H groups in total. The standard InChI is InChI=1S/C21H23BrN4O4/c22-19-11-17(30-26-19)12-24-20(27)18(10-14-6-8-16(23)9-7-14)25-21(28)29-13-15-4-2-1-3-5-15/h1-9,11,17-18,26H,10,12-13,23H2,(H,24,27)(H,25,28)/t17?,18-/m0/s1. The first-order valence-electron chi connectivity index (χ1n) is 9.38. The maximum atomic E-state index is 12.7. The zero-order valence-corrected chi connectivity index (χ0v) is 17.7. The summed E-state index contributed by atoms with van der Waals surface area (Å²) in [6.07, 6.45) is 1.09. The van der Waals surface area contributed by atoms with E-state index in [2.05, 4.69) is 32.0 Å². The van der Waals surface area contributed by atoms with Gasteiger partial charge >= 0.3 is 6.09 Å².